The lowest BCUT2D eigenvalue weighted by atomic mass is 9.77. The van der Waals surface area contributed by atoms with Crippen molar-refractivity contribution in [2.75, 3.05) is 20.8 Å². The maximum atomic E-state index is 14.4. The van der Waals surface area contributed by atoms with Gasteiger partial charge in [-0.1, -0.05) is 64.2 Å². The summed E-state index contributed by atoms with van der Waals surface area (Å²) < 4.78 is 23.9. The molecule has 0 unspecified atom stereocenters. The van der Waals surface area contributed by atoms with Crippen molar-refractivity contribution in [1.82, 2.24) is 4.90 Å². The second-order valence-corrected chi connectivity index (χ2v) is 20.0. The van der Waals surface area contributed by atoms with Crippen LogP contribution in [-0.4, -0.2) is 119 Å². The first-order chi connectivity index (χ1) is 30.2. The molecule has 360 valence electrons. The third kappa shape index (κ3) is 14.3. The number of nitrogens with zero attached hydrogens (tertiary/aromatic N) is 1. The van der Waals surface area contributed by atoms with Crippen molar-refractivity contribution in [3.8, 4) is 0 Å². The number of allylic oxidation sites excluding steroid dienone is 6. The van der Waals surface area contributed by atoms with Gasteiger partial charge >= 0.3 is 5.97 Å². The van der Waals surface area contributed by atoms with Gasteiger partial charge in [0.15, 0.2) is 0 Å². The summed E-state index contributed by atoms with van der Waals surface area (Å²) in [5, 5.41) is 33.6. The molecule has 3 fully saturated rings. The number of ether oxygens (including phenoxy) is 4. The van der Waals surface area contributed by atoms with Crippen molar-refractivity contribution < 1.29 is 58.2 Å². The van der Waals surface area contributed by atoms with Crippen molar-refractivity contribution in [2.24, 2.45) is 35.0 Å². The number of methoxy groups -OCH3 is 2. The van der Waals surface area contributed by atoms with E-state index < -0.39 is 71.3 Å². The molecule has 3 heterocycles. The standard InChI is InChI=1S/C51H79NO12/c1-32-15-11-10-12-16-33(2)45(61-8)28-39-20-18-37(6)51(60,64-39)47(57)48(58)52-24-14-13-17-40(52)49(59)63-44(35(4)26-38-19-21-41(54)46(27-38)62-9)22-23-50(7,31-53)30-36(5)43(56)29-42(55)34(3)25-32/h10-12,15-16,30-32,34-35,37-41,43-46,54,56,60H,13-14,17-29H2,1-9H3/b12-10+,15-11+,33-16+,36-30+/t32-,34-,35-,37-,38+,39+,40+,41-,43+,44+,45+,46-,50-,51-/m1/s1. The molecule has 13 heteroatoms. The van der Waals surface area contributed by atoms with Crippen LogP contribution in [0.25, 0.3) is 0 Å². The Hall–Kier alpha value is -3.33. The van der Waals surface area contributed by atoms with E-state index >= 15 is 0 Å². The second-order valence-electron chi connectivity index (χ2n) is 20.0. The number of carbonyl (C=O) groups is 5. The number of esters is 1. The highest BCUT2D eigenvalue weighted by Crippen LogP contribution is 2.38. The van der Waals surface area contributed by atoms with E-state index in [1.165, 1.54) is 4.90 Å². The van der Waals surface area contributed by atoms with Crippen LogP contribution >= 0.6 is 0 Å². The summed E-state index contributed by atoms with van der Waals surface area (Å²) in [6.45, 7) is 13.1. The van der Waals surface area contributed by atoms with Gasteiger partial charge in [0.05, 0.1) is 30.5 Å². The third-order valence-corrected chi connectivity index (χ3v) is 14.5. The van der Waals surface area contributed by atoms with E-state index in [0.717, 1.165) is 18.3 Å². The van der Waals surface area contributed by atoms with E-state index in [9.17, 15) is 39.3 Å². The minimum Gasteiger partial charge on any atom is -0.461 e. The summed E-state index contributed by atoms with van der Waals surface area (Å²) in [5.74, 6) is -6.19. The van der Waals surface area contributed by atoms with E-state index in [2.05, 4.69) is 0 Å². The van der Waals surface area contributed by atoms with Crippen LogP contribution in [0.5, 0.6) is 0 Å². The van der Waals surface area contributed by atoms with Crippen LogP contribution in [0.4, 0.5) is 0 Å². The maximum absolute atomic E-state index is 14.4. The van der Waals surface area contributed by atoms with E-state index in [0.29, 0.717) is 63.4 Å². The molecule has 1 aliphatic carbocycles. The van der Waals surface area contributed by atoms with Crippen LogP contribution in [0.1, 0.15) is 138 Å². The Labute approximate surface area is 382 Å². The molecule has 0 spiro atoms. The quantitative estimate of drug-likeness (QED) is 0.108. The van der Waals surface area contributed by atoms with Crippen molar-refractivity contribution in [1.29, 1.82) is 0 Å². The number of hydrogen-bond acceptors (Lipinski definition) is 12. The molecule has 1 amide bonds. The molecule has 1 saturated carbocycles. The smallest absolute Gasteiger partial charge is 0.329 e. The highest BCUT2D eigenvalue weighted by molar-refractivity contribution is 6.39. The Morgan fingerprint density at radius 3 is 2.33 bits per heavy atom. The van der Waals surface area contributed by atoms with Gasteiger partial charge in [0, 0.05) is 50.9 Å². The Kier molecular flexibility index (Phi) is 20.4. The van der Waals surface area contributed by atoms with Gasteiger partial charge in [0.1, 0.15) is 24.2 Å². The SMILES string of the molecule is CO[C@H]1C[C@@H]2CC[C@@H](C)[C@@](O)(O2)C(=O)C(=O)N2CCCC[C@H]2C(=O)O[C@H]([C@H](C)C[C@@H]2CC[C@@H](O)[C@H](OC)C2)CC[C@@](C)(C=O)/C=C(\C)[C@@H](O)CC(=O)[C@H](C)C[C@H](C)/C=C/C=C/C=C/1C. The summed E-state index contributed by atoms with van der Waals surface area (Å²) in [6.07, 6.45) is 14.9. The summed E-state index contributed by atoms with van der Waals surface area (Å²) in [5.41, 5.74) is 0.316. The molecule has 0 radical (unpaired) electrons. The van der Waals surface area contributed by atoms with Crippen LogP contribution in [0, 0.1) is 35.0 Å². The minimum atomic E-state index is -2.41. The van der Waals surface area contributed by atoms with Gasteiger partial charge in [-0.2, -0.15) is 0 Å². The van der Waals surface area contributed by atoms with Gasteiger partial charge in [-0.05, 0) is 127 Å². The number of ketones is 2. The molecule has 0 aromatic heterocycles. The summed E-state index contributed by atoms with van der Waals surface area (Å²) in [4.78, 5) is 70.2. The Morgan fingerprint density at radius 1 is 0.906 bits per heavy atom. The number of carbonyl (C=O) groups excluding carboxylic acids is 5. The summed E-state index contributed by atoms with van der Waals surface area (Å²) in [6, 6.07) is -1.08. The molecule has 64 heavy (non-hydrogen) atoms. The molecule has 0 aromatic carbocycles. The van der Waals surface area contributed by atoms with E-state index in [1.807, 2.05) is 58.1 Å². The lowest BCUT2D eigenvalue weighted by Crippen LogP contribution is -2.61. The fourth-order valence-electron chi connectivity index (χ4n) is 10.1. The first-order valence-electron chi connectivity index (χ1n) is 23.8. The van der Waals surface area contributed by atoms with Crippen LogP contribution < -0.4 is 0 Å². The molecule has 4 rings (SSSR count). The normalized spacial score (nSPS) is 40.8. The van der Waals surface area contributed by atoms with Crippen LogP contribution in [-0.2, 0) is 42.9 Å². The number of aliphatic hydroxyl groups is 3. The number of fused-ring (bicyclic) bond motifs is 3. The van der Waals surface area contributed by atoms with Crippen LogP contribution in [0.15, 0.2) is 47.6 Å². The highest BCUT2D eigenvalue weighted by atomic mass is 16.6. The summed E-state index contributed by atoms with van der Waals surface area (Å²) in [7, 11) is 3.17. The Bertz CT molecular complexity index is 1720. The number of aliphatic hydroxyl groups excluding tert-OH is 2. The van der Waals surface area contributed by atoms with Gasteiger partial charge in [-0.25, -0.2) is 4.79 Å². The first-order valence-corrected chi connectivity index (χ1v) is 23.8. The number of piperidine rings is 1. The van der Waals surface area contributed by atoms with Gasteiger partial charge in [-0.15, -0.1) is 0 Å². The third-order valence-electron chi connectivity index (χ3n) is 14.5. The Balaban J connectivity index is 1.69. The predicted molar refractivity (Wildman–Crippen MR) is 244 cm³/mol. The fourth-order valence-corrected chi connectivity index (χ4v) is 10.1. The number of cyclic esters (lactones) is 1. The number of aldehydes is 1. The van der Waals surface area contributed by atoms with Gasteiger partial charge < -0.3 is 44.0 Å². The maximum Gasteiger partial charge on any atom is 0.329 e. The number of amides is 1. The number of hydrogen-bond donors (Lipinski definition) is 3. The topological polar surface area (TPSA) is 186 Å². The molecule has 2 bridgehead atoms. The zero-order valence-electron chi connectivity index (χ0n) is 40.0. The minimum absolute atomic E-state index is 0.0736. The average Bonchev–Trinajstić information content (AvgIpc) is 3.27. The molecule has 14 atom stereocenters. The number of Topliss-reactive ketones (excluding diaryl/α,β-unsaturated/α-hetero) is 2. The highest BCUT2D eigenvalue weighted by Gasteiger charge is 2.53. The van der Waals surface area contributed by atoms with E-state index in [-0.39, 0.29) is 67.8 Å². The molecule has 13 nitrogen and oxygen atoms in total. The van der Waals surface area contributed by atoms with Gasteiger partial charge in [-0.3, -0.25) is 14.4 Å². The van der Waals surface area contributed by atoms with Crippen molar-refractivity contribution in [2.45, 2.75) is 187 Å². The monoisotopic (exact) mass is 898 g/mol. The molecule has 3 aliphatic heterocycles. The molecular formula is C51H79NO12. The van der Waals surface area contributed by atoms with Crippen molar-refractivity contribution >= 4 is 29.7 Å². The second kappa shape index (κ2) is 24.4. The van der Waals surface area contributed by atoms with Crippen LogP contribution in [0.3, 0.4) is 0 Å². The number of rotatable bonds is 6. The van der Waals surface area contributed by atoms with Gasteiger partial charge in [0.25, 0.3) is 11.7 Å². The lowest BCUT2D eigenvalue weighted by molar-refractivity contribution is -0.265. The van der Waals surface area contributed by atoms with E-state index in [4.69, 9.17) is 18.9 Å². The molecule has 3 N–H and O–H groups in total. The molecule has 4 aliphatic rings. The van der Waals surface area contributed by atoms with Crippen molar-refractivity contribution in [3.05, 3.63) is 47.6 Å². The Morgan fingerprint density at radius 2 is 1.64 bits per heavy atom. The zero-order chi connectivity index (χ0) is 47.4. The molecular weight excluding hydrogens is 819 g/mol. The molecule has 0 aromatic rings. The fraction of sp³-hybridized carbons (Fsp3) is 0.745. The zero-order valence-corrected chi connectivity index (χ0v) is 40.0. The average molecular weight is 898 g/mol. The van der Waals surface area contributed by atoms with Crippen LogP contribution in [0.2, 0.25) is 0 Å². The largest absolute Gasteiger partial charge is 0.461 e. The summed E-state index contributed by atoms with van der Waals surface area (Å²) >= 11 is 0. The van der Waals surface area contributed by atoms with Crippen molar-refractivity contribution in [3.63, 3.8) is 0 Å². The lowest BCUT2D eigenvalue weighted by Gasteiger charge is -2.42. The molecule has 2 saturated heterocycles. The van der Waals surface area contributed by atoms with Gasteiger partial charge in [0.2, 0.25) is 5.79 Å². The predicted octanol–water partition coefficient (Wildman–Crippen LogP) is 6.95. The van der Waals surface area contributed by atoms with E-state index in [1.54, 1.807) is 41.1 Å². The first kappa shape index (κ1) is 53.3.